The Hall–Kier alpha value is -2.22. The molecule has 1 aliphatic rings. The number of carbonyl (C=O) groups excluding carboxylic acids is 2. The summed E-state index contributed by atoms with van der Waals surface area (Å²) in [5, 5.41) is 2.56. The van der Waals surface area contributed by atoms with Gasteiger partial charge in [0.2, 0.25) is 5.91 Å². The molecule has 25 heavy (non-hydrogen) atoms. The molecule has 0 aliphatic carbocycles. The highest BCUT2D eigenvalue weighted by atomic mass is 16.6. The molecule has 1 fully saturated rings. The monoisotopic (exact) mass is 349 g/mol. The number of nitrogens with one attached hydrogen (secondary N) is 1. The SMILES string of the molecule is CC(=O)N1CCN(Cc2cnc(NC(=O)OC(C)(C)C)cn2)C[C@@H]1C. The average Bonchev–Trinajstić information content (AvgIpc) is 2.47. The number of rotatable bonds is 3. The summed E-state index contributed by atoms with van der Waals surface area (Å²) in [6.07, 6.45) is 2.62. The summed E-state index contributed by atoms with van der Waals surface area (Å²) in [5.41, 5.74) is 0.258. The van der Waals surface area contributed by atoms with E-state index in [-0.39, 0.29) is 11.9 Å². The van der Waals surface area contributed by atoms with Crippen LogP contribution in [0.25, 0.3) is 0 Å². The van der Waals surface area contributed by atoms with Crippen LogP contribution in [0.1, 0.15) is 40.3 Å². The van der Waals surface area contributed by atoms with Gasteiger partial charge in [-0.2, -0.15) is 0 Å². The summed E-state index contributed by atoms with van der Waals surface area (Å²) < 4.78 is 5.18. The molecule has 0 spiro atoms. The highest BCUT2D eigenvalue weighted by Gasteiger charge is 2.25. The molecular weight excluding hydrogens is 322 g/mol. The number of hydrogen-bond acceptors (Lipinski definition) is 6. The predicted molar refractivity (Wildman–Crippen MR) is 94.0 cm³/mol. The van der Waals surface area contributed by atoms with E-state index in [4.69, 9.17) is 4.74 Å². The van der Waals surface area contributed by atoms with Crippen LogP contribution in [0.2, 0.25) is 0 Å². The topological polar surface area (TPSA) is 87.7 Å². The zero-order valence-corrected chi connectivity index (χ0v) is 15.6. The van der Waals surface area contributed by atoms with E-state index in [1.165, 1.54) is 6.20 Å². The Kier molecular flexibility index (Phi) is 5.94. The number of amides is 2. The Bertz CT molecular complexity index is 612. The van der Waals surface area contributed by atoms with Gasteiger partial charge in [0, 0.05) is 39.1 Å². The second-order valence-electron chi connectivity index (χ2n) is 7.32. The number of ether oxygens (including phenoxy) is 1. The van der Waals surface area contributed by atoms with Crippen LogP contribution in [-0.4, -0.2) is 63.0 Å². The van der Waals surface area contributed by atoms with Gasteiger partial charge in [-0.15, -0.1) is 0 Å². The van der Waals surface area contributed by atoms with E-state index in [1.54, 1.807) is 33.9 Å². The molecule has 0 radical (unpaired) electrons. The van der Waals surface area contributed by atoms with Crippen LogP contribution in [0, 0.1) is 0 Å². The minimum Gasteiger partial charge on any atom is -0.444 e. The number of aromatic nitrogens is 2. The molecule has 2 rings (SSSR count). The lowest BCUT2D eigenvalue weighted by atomic mass is 10.2. The molecule has 8 nitrogen and oxygen atoms in total. The van der Waals surface area contributed by atoms with Gasteiger partial charge in [0.1, 0.15) is 5.60 Å². The van der Waals surface area contributed by atoms with Crippen LogP contribution >= 0.6 is 0 Å². The van der Waals surface area contributed by atoms with E-state index in [1.807, 2.05) is 11.8 Å². The van der Waals surface area contributed by atoms with Crippen molar-refractivity contribution in [2.45, 2.75) is 52.8 Å². The van der Waals surface area contributed by atoms with Gasteiger partial charge in [-0.3, -0.25) is 20.0 Å². The predicted octanol–water partition coefficient (Wildman–Crippen LogP) is 1.88. The van der Waals surface area contributed by atoms with Gasteiger partial charge in [0.05, 0.1) is 18.1 Å². The molecule has 1 aromatic heterocycles. The van der Waals surface area contributed by atoms with E-state index in [9.17, 15) is 9.59 Å². The third kappa shape index (κ3) is 5.97. The Morgan fingerprint density at radius 2 is 2.00 bits per heavy atom. The average molecular weight is 349 g/mol. The van der Waals surface area contributed by atoms with Gasteiger partial charge < -0.3 is 9.64 Å². The van der Waals surface area contributed by atoms with Crippen LogP contribution < -0.4 is 5.32 Å². The van der Waals surface area contributed by atoms with Crippen LogP contribution in [0.3, 0.4) is 0 Å². The zero-order valence-electron chi connectivity index (χ0n) is 15.6. The first-order chi connectivity index (χ1) is 11.6. The molecule has 8 heteroatoms. The molecule has 2 heterocycles. The van der Waals surface area contributed by atoms with Gasteiger partial charge in [0.25, 0.3) is 0 Å². The van der Waals surface area contributed by atoms with Crippen molar-refractivity contribution in [1.82, 2.24) is 19.8 Å². The molecule has 1 saturated heterocycles. The first-order valence-corrected chi connectivity index (χ1v) is 8.44. The molecule has 1 aromatic rings. The summed E-state index contributed by atoms with van der Waals surface area (Å²) in [4.78, 5) is 35.9. The van der Waals surface area contributed by atoms with E-state index >= 15 is 0 Å². The van der Waals surface area contributed by atoms with Crippen molar-refractivity contribution in [1.29, 1.82) is 0 Å². The van der Waals surface area contributed by atoms with Gasteiger partial charge in [-0.25, -0.2) is 9.78 Å². The molecule has 1 aliphatic heterocycles. The zero-order chi connectivity index (χ0) is 18.6. The first-order valence-electron chi connectivity index (χ1n) is 8.44. The van der Waals surface area contributed by atoms with Crippen molar-refractivity contribution in [2.24, 2.45) is 0 Å². The lowest BCUT2D eigenvalue weighted by Gasteiger charge is -2.39. The van der Waals surface area contributed by atoms with E-state index in [0.717, 1.165) is 25.3 Å². The van der Waals surface area contributed by atoms with Crippen molar-refractivity contribution in [2.75, 3.05) is 25.0 Å². The highest BCUT2D eigenvalue weighted by molar-refractivity contribution is 5.83. The van der Waals surface area contributed by atoms with Gasteiger partial charge in [0.15, 0.2) is 5.82 Å². The fourth-order valence-corrected chi connectivity index (χ4v) is 2.78. The van der Waals surface area contributed by atoms with Gasteiger partial charge in [-0.05, 0) is 27.7 Å². The highest BCUT2D eigenvalue weighted by Crippen LogP contribution is 2.13. The van der Waals surface area contributed by atoms with Crippen molar-refractivity contribution in [3.63, 3.8) is 0 Å². The first kappa shape index (κ1) is 19.1. The Morgan fingerprint density at radius 3 is 2.52 bits per heavy atom. The lowest BCUT2D eigenvalue weighted by molar-refractivity contribution is -0.133. The molecule has 0 unspecified atom stereocenters. The van der Waals surface area contributed by atoms with E-state index < -0.39 is 11.7 Å². The number of nitrogens with zero attached hydrogens (tertiary/aromatic N) is 4. The summed E-state index contributed by atoms with van der Waals surface area (Å²) in [5.74, 6) is 0.470. The van der Waals surface area contributed by atoms with Crippen LogP contribution in [-0.2, 0) is 16.1 Å². The van der Waals surface area contributed by atoms with E-state index in [2.05, 4.69) is 20.2 Å². The quantitative estimate of drug-likeness (QED) is 0.896. The van der Waals surface area contributed by atoms with E-state index in [0.29, 0.717) is 12.4 Å². The Balaban J connectivity index is 1.86. The van der Waals surface area contributed by atoms with Gasteiger partial charge in [-0.1, -0.05) is 0 Å². The molecular formula is C17H27N5O3. The smallest absolute Gasteiger partial charge is 0.413 e. The minimum absolute atomic E-state index is 0.115. The lowest BCUT2D eigenvalue weighted by Crippen LogP contribution is -2.53. The summed E-state index contributed by atoms with van der Waals surface area (Å²) in [6, 6.07) is 0.187. The van der Waals surface area contributed by atoms with Crippen molar-refractivity contribution in [3.8, 4) is 0 Å². The fourth-order valence-electron chi connectivity index (χ4n) is 2.78. The summed E-state index contributed by atoms with van der Waals surface area (Å²) >= 11 is 0. The van der Waals surface area contributed by atoms with Crippen molar-refractivity contribution >= 4 is 17.8 Å². The largest absolute Gasteiger partial charge is 0.444 e. The normalized spacial score (nSPS) is 18.8. The third-order valence-corrected chi connectivity index (χ3v) is 3.84. The second kappa shape index (κ2) is 7.77. The van der Waals surface area contributed by atoms with Crippen molar-refractivity contribution in [3.05, 3.63) is 18.1 Å². The second-order valence-corrected chi connectivity index (χ2v) is 7.32. The number of hydrogen-bond donors (Lipinski definition) is 1. The third-order valence-electron chi connectivity index (χ3n) is 3.84. The summed E-state index contributed by atoms with van der Waals surface area (Å²) in [7, 11) is 0. The number of anilines is 1. The van der Waals surface area contributed by atoms with Crippen molar-refractivity contribution < 1.29 is 14.3 Å². The molecule has 0 bridgehead atoms. The molecule has 0 saturated carbocycles. The maximum absolute atomic E-state index is 11.7. The standard InChI is InChI=1S/C17H27N5O3/c1-12-10-21(6-7-22(12)13(2)23)11-14-8-19-15(9-18-14)20-16(24)25-17(3,4)5/h8-9,12H,6-7,10-11H2,1-5H3,(H,19,20,24)/t12-/m0/s1. The Labute approximate surface area is 148 Å². The Morgan fingerprint density at radius 1 is 1.28 bits per heavy atom. The molecule has 1 N–H and O–H groups in total. The molecule has 138 valence electrons. The number of carbonyl (C=O) groups is 2. The molecule has 2 amide bonds. The summed E-state index contributed by atoms with van der Waals surface area (Å²) in [6.45, 7) is 12.1. The molecule has 0 aromatic carbocycles. The fraction of sp³-hybridized carbons (Fsp3) is 0.647. The van der Waals surface area contributed by atoms with Gasteiger partial charge >= 0.3 is 6.09 Å². The minimum atomic E-state index is -0.559. The van der Waals surface area contributed by atoms with Crippen LogP contribution in [0.5, 0.6) is 0 Å². The molecule has 1 atom stereocenters. The maximum atomic E-state index is 11.7. The van der Waals surface area contributed by atoms with Crippen LogP contribution in [0.15, 0.2) is 12.4 Å². The number of piperazine rings is 1. The van der Waals surface area contributed by atoms with Crippen LogP contribution in [0.4, 0.5) is 10.6 Å². The maximum Gasteiger partial charge on any atom is 0.413 e.